The minimum atomic E-state index is -4.07. The fourth-order valence-corrected chi connectivity index (χ4v) is 6.86. The largest absolute Gasteiger partial charge is 0.465 e. The van der Waals surface area contributed by atoms with E-state index in [1.807, 2.05) is 24.9 Å². The fraction of sp³-hybridized carbons (Fsp3) is 0.364. The number of aromatic nitrogens is 2. The smallest absolute Gasteiger partial charge is 0.340 e. The summed E-state index contributed by atoms with van der Waals surface area (Å²) in [5.41, 5.74) is 3.18. The second-order valence-electron chi connectivity index (χ2n) is 7.91. The van der Waals surface area contributed by atoms with E-state index in [9.17, 15) is 17.6 Å². The van der Waals surface area contributed by atoms with Crippen molar-refractivity contribution in [1.29, 1.82) is 0 Å². The molecule has 1 aliphatic heterocycles. The van der Waals surface area contributed by atoms with Gasteiger partial charge in [-0.2, -0.15) is 5.10 Å². The molecule has 11 heteroatoms. The third kappa shape index (κ3) is 4.72. The minimum absolute atomic E-state index is 0.0794. The van der Waals surface area contributed by atoms with Crippen molar-refractivity contribution in [1.82, 2.24) is 19.4 Å². The van der Waals surface area contributed by atoms with E-state index in [0.717, 1.165) is 27.5 Å². The first-order valence-corrected chi connectivity index (χ1v) is 12.7. The van der Waals surface area contributed by atoms with Gasteiger partial charge in [-0.05, 0) is 25.0 Å². The van der Waals surface area contributed by atoms with Gasteiger partial charge in [0.1, 0.15) is 10.0 Å². The van der Waals surface area contributed by atoms with Gasteiger partial charge < -0.3 is 4.74 Å². The summed E-state index contributed by atoms with van der Waals surface area (Å²) in [6, 6.07) is 5.95. The minimum Gasteiger partial charge on any atom is -0.465 e. The first-order valence-electron chi connectivity index (χ1n) is 10.4. The third-order valence-corrected chi connectivity index (χ3v) is 9.01. The van der Waals surface area contributed by atoms with Crippen molar-refractivity contribution in [3.8, 4) is 0 Å². The zero-order valence-corrected chi connectivity index (χ0v) is 20.2. The second kappa shape index (κ2) is 9.34. The molecule has 0 atom stereocenters. The maximum atomic E-state index is 13.9. The predicted molar refractivity (Wildman–Crippen MR) is 122 cm³/mol. The highest BCUT2D eigenvalue weighted by Gasteiger charge is 2.34. The molecule has 1 aliphatic rings. The van der Waals surface area contributed by atoms with Gasteiger partial charge in [-0.3, -0.25) is 9.58 Å². The molecule has 176 valence electrons. The number of carbonyl (C=O) groups excluding carboxylic acids is 1. The highest BCUT2D eigenvalue weighted by molar-refractivity contribution is 7.91. The van der Waals surface area contributed by atoms with Crippen molar-refractivity contribution < 1.29 is 22.3 Å². The van der Waals surface area contributed by atoms with Gasteiger partial charge in [-0.15, -0.1) is 11.3 Å². The lowest BCUT2D eigenvalue weighted by Crippen LogP contribution is -2.30. The molecule has 4 rings (SSSR count). The number of rotatable bonds is 7. The second-order valence-corrected chi connectivity index (χ2v) is 11.0. The topological polar surface area (TPSA) is 93.5 Å². The van der Waals surface area contributed by atoms with E-state index in [2.05, 4.69) is 14.7 Å². The Hall–Kier alpha value is -2.60. The lowest BCUT2D eigenvalue weighted by atomic mass is 10.0. The average molecular weight is 493 g/mol. The van der Waals surface area contributed by atoms with Crippen molar-refractivity contribution >= 4 is 27.3 Å². The summed E-state index contributed by atoms with van der Waals surface area (Å²) in [7, 11) is -0.944. The molecule has 3 heterocycles. The van der Waals surface area contributed by atoms with Gasteiger partial charge in [0.25, 0.3) is 10.0 Å². The number of nitrogens with zero attached hydrogens (tertiary/aromatic N) is 3. The molecule has 0 spiro atoms. The molecule has 0 unspecified atom stereocenters. The zero-order valence-electron chi connectivity index (χ0n) is 18.6. The number of hydrogen-bond acceptors (Lipinski definition) is 7. The molecule has 0 saturated carbocycles. The normalized spacial score (nSPS) is 14.3. The molecule has 0 radical (unpaired) electrons. The van der Waals surface area contributed by atoms with Gasteiger partial charge in [-0.1, -0.05) is 18.2 Å². The third-order valence-electron chi connectivity index (χ3n) is 5.88. The Balaban J connectivity index is 1.61. The highest BCUT2D eigenvalue weighted by Crippen LogP contribution is 2.37. The van der Waals surface area contributed by atoms with Crippen LogP contribution in [0.1, 0.15) is 37.6 Å². The molecule has 1 aromatic carbocycles. The van der Waals surface area contributed by atoms with Crippen molar-refractivity contribution in [2.45, 2.75) is 37.2 Å². The van der Waals surface area contributed by atoms with Crippen LogP contribution in [0.25, 0.3) is 0 Å². The van der Waals surface area contributed by atoms with Crippen LogP contribution in [0.5, 0.6) is 0 Å². The summed E-state index contributed by atoms with van der Waals surface area (Å²) in [4.78, 5) is 15.6. The van der Waals surface area contributed by atoms with E-state index in [4.69, 9.17) is 4.74 Å². The standard InChI is InChI=1S/C22H25FN4O4S2/c1-14-16(10-24-26(14)2)12-27-9-8-17-19(13-27)32-22(20(17)21(28)31-3)33(29,30)25-11-15-6-4-5-7-18(15)23/h4-7,10,25H,8-9,11-13H2,1-3H3. The molecule has 0 saturated heterocycles. The molecule has 1 N–H and O–H groups in total. The number of sulfonamides is 1. The summed E-state index contributed by atoms with van der Waals surface area (Å²) < 4.78 is 49.3. The molecular formula is C22H25FN4O4S2. The predicted octanol–water partition coefficient (Wildman–Crippen LogP) is 2.75. The SMILES string of the molecule is COC(=O)c1c(S(=O)(=O)NCc2ccccc2F)sc2c1CCN(Cc1cnn(C)c1C)C2. The molecule has 33 heavy (non-hydrogen) atoms. The number of esters is 1. The van der Waals surface area contributed by atoms with E-state index < -0.39 is 21.8 Å². The lowest BCUT2D eigenvalue weighted by molar-refractivity contribution is 0.0595. The molecule has 0 amide bonds. The average Bonchev–Trinajstić information content (AvgIpc) is 3.33. The van der Waals surface area contributed by atoms with Crippen LogP contribution in [0.3, 0.4) is 0 Å². The highest BCUT2D eigenvalue weighted by atomic mass is 32.2. The quantitative estimate of drug-likeness (QED) is 0.510. The summed E-state index contributed by atoms with van der Waals surface area (Å²) in [6.07, 6.45) is 2.36. The number of hydrogen-bond donors (Lipinski definition) is 1. The number of halogens is 1. The Morgan fingerprint density at radius 3 is 2.73 bits per heavy atom. The van der Waals surface area contributed by atoms with Crippen molar-refractivity contribution in [2.75, 3.05) is 13.7 Å². The van der Waals surface area contributed by atoms with Crippen LogP contribution < -0.4 is 4.72 Å². The monoisotopic (exact) mass is 492 g/mol. The zero-order chi connectivity index (χ0) is 23.8. The van der Waals surface area contributed by atoms with Crippen molar-refractivity contribution in [3.05, 3.63) is 69.1 Å². The van der Waals surface area contributed by atoms with E-state index >= 15 is 0 Å². The summed E-state index contributed by atoms with van der Waals surface area (Å²) in [5.74, 6) is -1.18. The molecule has 8 nitrogen and oxygen atoms in total. The Morgan fingerprint density at radius 1 is 1.30 bits per heavy atom. The number of thiophene rings is 1. The van der Waals surface area contributed by atoms with Gasteiger partial charge in [0.15, 0.2) is 0 Å². The van der Waals surface area contributed by atoms with Gasteiger partial charge in [-0.25, -0.2) is 22.3 Å². The number of nitrogens with one attached hydrogen (secondary N) is 1. The lowest BCUT2D eigenvalue weighted by Gasteiger charge is -2.26. The molecule has 0 aliphatic carbocycles. The number of methoxy groups -OCH3 is 1. The Labute approximate surface area is 196 Å². The fourth-order valence-electron chi connectivity index (χ4n) is 3.88. The number of carbonyl (C=O) groups is 1. The molecule has 0 fully saturated rings. The Bertz CT molecular complexity index is 1300. The van der Waals surface area contributed by atoms with E-state index in [1.54, 1.807) is 6.07 Å². The van der Waals surface area contributed by atoms with E-state index in [-0.39, 0.29) is 21.9 Å². The van der Waals surface area contributed by atoms with E-state index in [1.165, 1.54) is 25.3 Å². The van der Waals surface area contributed by atoms with Crippen LogP contribution in [-0.4, -0.2) is 42.7 Å². The summed E-state index contributed by atoms with van der Waals surface area (Å²) >= 11 is 1.07. The molecule has 3 aromatic rings. The molecule has 2 aromatic heterocycles. The molecular weight excluding hydrogens is 467 g/mol. The van der Waals surface area contributed by atoms with E-state index in [0.29, 0.717) is 31.6 Å². The van der Waals surface area contributed by atoms with Gasteiger partial charge >= 0.3 is 5.97 Å². The number of fused-ring (bicyclic) bond motifs is 1. The first kappa shape index (κ1) is 23.6. The first-order chi connectivity index (χ1) is 15.7. The molecule has 0 bridgehead atoms. The van der Waals surface area contributed by atoms with Crippen LogP contribution in [0, 0.1) is 12.7 Å². The number of aryl methyl sites for hydroxylation is 1. The van der Waals surface area contributed by atoms with Crippen molar-refractivity contribution in [2.24, 2.45) is 7.05 Å². The van der Waals surface area contributed by atoms with Crippen LogP contribution in [0.4, 0.5) is 4.39 Å². The van der Waals surface area contributed by atoms with Crippen LogP contribution in [0.15, 0.2) is 34.7 Å². The maximum Gasteiger partial charge on any atom is 0.340 e. The maximum absolute atomic E-state index is 13.9. The Kier molecular flexibility index (Phi) is 6.66. The number of ether oxygens (including phenoxy) is 1. The summed E-state index contributed by atoms with van der Waals surface area (Å²) in [5, 5.41) is 4.28. The van der Waals surface area contributed by atoms with Crippen LogP contribution in [0.2, 0.25) is 0 Å². The van der Waals surface area contributed by atoms with Gasteiger partial charge in [0.05, 0.1) is 18.9 Å². The Morgan fingerprint density at radius 2 is 2.06 bits per heavy atom. The van der Waals surface area contributed by atoms with Crippen LogP contribution in [-0.2, 0) is 47.9 Å². The summed E-state index contributed by atoms with van der Waals surface area (Å²) in [6.45, 7) is 3.65. The van der Waals surface area contributed by atoms with Crippen LogP contribution >= 0.6 is 11.3 Å². The number of benzene rings is 1. The van der Waals surface area contributed by atoms with Crippen molar-refractivity contribution in [3.63, 3.8) is 0 Å². The van der Waals surface area contributed by atoms with Gasteiger partial charge in [0, 0.05) is 54.9 Å². The van der Waals surface area contributed by atoms with Gasteiger partial charge in [0.2, 0.25) is 0 Å².